The van der Waals surface area contributed by atoms with E-state index in [2.05, 4.69) is 31.8 Å². The Labute approximate surface area is 206 Å². The third kappa shape index (κ3) is 7.18. The molecular weight excluding hydrogens is 444 g/mol. The molecule has 1 N–H and O–H groups in total. The van der Waals surface area contributed by atoms with E-state index < -0.39 is 12.0 Å². The Kier molecular flexibility index (Phi) is 8.33. The third-order valence-electron chi connectivity index (χ3n) is 5.66. The van der Waals surface area contributed by atoms with Gasteiger partial charge in [-0.25, -0.2) is 9.78 Å². The van der Waals surface area contributed by atoms with Crippen LogP contribution in [0.15, 0.2) is 53.0 Å². The quantitative estimate of drug-likeness (QED) is 0.417. The van der Waals surface area contributed by atoms with Gasteiger partial charge in [-0.05, 0) is 48.6 Å². The van der Waals surface area contributed by atoms with E-state index in [1.165, 1.54) is 11.0 Å². The van der Waals surface area contributed by atoms with E-state index >= 15 is 0 Å². The fourth-order valence-corrected chi connectivity index (χ4v) is 3.79. The zero-order valence-electron chi connectivity index (χ0n) is 21.1. The number of carbonyl (C=O) groups is 2. The van der Waals surface area contributed by atoms with E-state index in [0.717, 1.165) is 22.6 Å². The first kappa shape index (κ1) is 26.0. The molecule has 1 aromatic heterocycles. The van der Waals surface area contributed by atoms with Crippen molar-refractivity contribution in [1.29, 1.82) is 0 Å². The highest BCUT2D eigenvalue weighted by atomic mass is 16.5. The van der Waals surface area contributed by atoms with Crippen LogP contribution < -0.4 is 4.74 Å². The van der Waals surface area contributed by atoms with Gasteiger partial charge in [-0.2, -0.15) is 0 Å². The number of ether oxygens (including phenoxy) is 1. The van der Waals surface area contributed by atoms with Gasteiger partial charge in [-0.3, -0.25) is 4.79 Å². The molecule has 2 aromatic rings. The number of aromatic nitrogens is 1. The largest absolute Gasteiger partial charge is 0.493 e. The molecule has 186 valence electrons. The smallest absolute Gasteiger partial charge is 0.326 e. The maximum Gasteiger partial charge on any atom is 0.326 e. The molecule has 0 aliphatic carbocycles. The van der Waals surface area contributed by atoms with Gasteiger partial charge in [0.15, 0.2) is 0 Å². The molecule has 0 bridgehead atoms. The Balaban J connectivity index is 1.67. The molecule has 1 aromatic carbocycles. The second kappa shape index (κ2) is 11.2. The third-order valence-corrected chi connectivity index (χ3v) is 5.66. The van der Waals surface area contributed by atoms with Crippen molar-refractivity contribution in [1.82, 2.24) is 9.88 Å². The molecule has 7 heteroatoms. The molecule has 1 atom stereocenters. The van der Waals surface area contributed by atoms with Gasteiger partial charge in [-0.15, -0.1) is 0 Å². The summed E-state index contributed by atoms with van der Waals surface area (Å²) in [6.07, 6.45) is 11.4. The maximum absolute atomic E-state index is 12.6. The van der Waals surface area contributed by atoms with Crippen molar-refractivity contribution in [2.45, 2.75) is 60.0 Å². The number of hydrogen-bond donors (Lipinski definition) is 1. The van der Waals surface area contributed by atoms with Crippen molar-refractivity contribution in [3.63, 3.8) is 0 Å². The highest BCUT2D eigenvalue weighted by molar-refractivity contribution is 5.92. The minimum Gasteiger partial charge on any atom is -0.493 e. The summed E-state index contributed by atoms with van der Waals surface area (Å²) in [5, 5.41) is 9.66. The van der Waals surface area contributed by atoms with Gasteiger partial charge in [0.25, 0.3) is 0 Å². The van der Waals surface area contributed by atoms with E-state index in [0.29, 0.717) is 24.7 Å². The molecule has 0 spiro atoms. The number of allylic oxidation sites excluding steroid dienone is 4. The number of amides is 1. The molecule has 1 aliphatic rings. The Bertz CT molecular complexity index is 1150. The highest BCUT2D eigenvalue weighted by Gasteiger charge is 2.33. The van der Waals surface area contributed by atoms with Gasteiger partial charge >= 0.3 is 5.97 Å². The van der Waals surface area contributed by atoms with Gasteiger partial charge < -0.3 is 19.2 Å². The number of carboxylic acids is 1. The lowest BCUT2D eigenvalue weighted by atomic mass is 9.93. The topological polar surface area (TPSA) is 92.9 Å². The molecular formula is C28H34N2O5. The highest BCUT2D eigenvalue weighted by Crippen LogP contribution is 2.28. The van der Waals surface area contributed by atoms with Crippen molar-refractivity contribution in [2.75, 3.05) is 6.61 Å². The average molecular weight is 479 g/mol. The molecule has 0 unspecified atom stereocenters. The molecule has 2 heterocycles. The van der Waals surface area contributed by atoms with Crippen LogP contribution in [0.25, 0.3) is 6.08 Å². The van der Waals surface area contributed by atoms with Crippen LogP contribution >= 0.6 is 0 Å². The number of aryl methyl sites for hydroxylation is 1. The standard InChI is InChI=1S/C28H34N2O5/c1-6-7-8-9-26(31)30-18-21-16-22(11-10-20(21)17-24(30)27(32)33)34-15-13-23-19(2)35-25(29-23)12-14-28(3,4)5/h6-12,14,16,24H,13,15,17-18H2,1-5H3,(H,32,33)/b7-6+,9-8+,14-12+/t24-/m0/s1. The van der Waals surface area contributed by atoms with E-state index in [4.69, 9.17) is 9.15 Å². The van der Waals surface area contributed by atoms with Gasteiger partial charge in [0, 0.05) is 25.5 Å². The van der Waals surface area contributed by atoms with Crippen molar-refractivity contribution in [2.24, 2.45) is 5.41 Å². The fraction of sp³-hybridized carbons (Fsp3) is 0.393. The summed E-state index contributed by atoms with van der Waals surface area (Å²) in [6, 6.07) is 4.72. The first-order valence-corrected chi connectivity index (χ1v) is 11.8. The minimum atomic E-state index is -1.01. The predicted molar refractivity (Wildman–Crippen MR) is 135 cm³/mol. The number of aliphatic carboxylic acids is 1. The van der Waals surface area contributed by atoms with Gasteiger partial charge in [-0.1, -0.05) is 51.1 Å². The van der Waals surface area contributed by atoms with Crippen LogP contribution in [0.3, 0.4) is 0 Å². The van der Waals surface area contributed by atoms with Crippen LogP contribution in [-0.4, -0.2) is 39.5 Å². The van der Waals surface area contributed by atoms with Crippen molar-refractivity contribution in [3.8, 4) is 5.75 Å². The predicted octanol–water partition coefficient (Wildman–Crippen LogP) is 5.13. The lowest BCUT2D eigenvalue weighted by molar-refractivity contribution is -0.149. The number of rotatable bonds is 8. The van der Waals surface area contributed by atoms with E-state index in [-0.39, 0.29) is 24.3 Å². The molecule has 3 rings (SSSR count). The monoisotopic (exact) mass is 478 g/mol. The van der Waals surface area contributed by atoms with Crippen molar-refractivity contribution < 1.29 is 23.8 Å². The maximum atomic E-state index is 12.6. The second-order valence-corrected chi connectivity index (χ2v) is 9.69. The lowest BCUT2D eigenvalue weighted by Crippen LogP contribution is -2.48. The normalized spacial score (nSPS) is 16.4. The summed E-state index contributed by atoms with van der Waals surface area (Å²) in [4.78, 5) is 30.4. The minimum absolute atomic E-state index is 0.0472. The summed E-state index contributed by atoms with van der Waals surface area (Å²) in [7, 11) is 0. The Hall–Kier alpha value is -3.61. The molecule has 1 aliphatic heterocycles. The summed E-state index contributed by atoms with van der Waals surface area (Å²) >= 11 is 0. The van der Waals surface area contributed by atoms with Crippen LogP contribution in [0, 0.1) is 12.3 Å². The SMILES string of the molecule is C/C=C/C=C/C(=O)N1Cc2cc(OCCc3nc(/C=C/C(C)(C)C)oc3C)ccc2C[C@H]1C(=O)O. The van der Waals surface area contributed by atoms with E-state index in [9.17, 15) is 14.7 Å². The Morgan fingerprint density at radius 3 is 2.71 bits per heavy atom. The fourth-order valence-electron chi connectivity index (χ4n) is 3.79. The molecule has 1 amide bonds. The number of carbonyl (C=O) groups excluding carboxylic acids is 1. The zero-order valence-corrected chi connectivity index (χ0v) is 21.1. The molecule has 0 saturated carbocycles. The van der Waals surface area contributed by atoms with Crippen LogP contribution in [0.4, 0.5) is 0 Å². The first-order chi connectivity index (χ1) is 16.6. The number of carboxylic acid groups (broad SMARTS) is 1. The van der Waals surface area contributed by atoms with Crippen LogP contribution in [0.1, 0.15) is 56.2 Å². The summed E-state index contributed by atoms with van der Waals surface area (Å²) in [5.41, 5.74) is 2.70. The van der Waals surface area contributed by atoms with Crippen molar-refractivity contribution in [3.05, 3.63) is 77.1 Å². The van der Waals surface area contributed by atoms with E-state index in [1.54, 1.807) is 18.2 Å². The number of fused-ring (bicyclic) bond motifs is 1. The molecule has 7 nitrogen and oxygen atoms in total. The number of oxazole rings is 1. The molecule has 35 heavy (non-hydrogen) atoms. The zero-order chi connectivity index (χ0) is 25.6. The Morgan fingerprint density at radius 1 is 1.26 bits per heavy atom. The van der Waals surface area contributed by atoms with Crippen molar-refractivity contribution >= 4 is 18.0 Å². The Morgan fingerprint density at radius 2 is 2.03 bits per heavy atom. The summed E-state index contributed by atoms with van der Waals surface area (Å²) in [5.74, 6) is 0.687. The molecule has 0 radical (unpaired) electrons. The average Bonchev–Trinajstić information content (AvgIpc) is 3.15. The summed E-state index contributed by atoms with van der Waals surface area (Å²) < 4.78 is 11.7. The van der Waals surface area contributed by atoms with Gasteiger partial charge in [0.1, 0.15) is 17.6 Å². The molecule has 0 fully saturated rings. The number of hydrogen-bond acceptors (Lipinski definition) is 5. The summed E-state index contributed by atoms with van der Waals surface area (Å²) in [6.45, 7) is 10.7. The van der Waals surface area contributed by atoms with Crippen LogP contribution in [0.5, 0.6) is 5.75 Å². The van der Waals surface area contributed by atoms with Crippen LogP contribution in [-0.2, 0) is 29.0 Å². The first-order valence-electron chi connectivity index (χ1n) is 11.8. The second-order valence-electron chi connectivity index (χ2n) is 9.69. The van der Waals surface area contributed by atoms with Crippen LogP contribution in [0.2, 0.25) is 0 Å². The lowest BCUT2D eigenvalue weighted by Gasteiger charge is -2.34. The van der Waals surface area contributed by atoms with Gasteiger partial charge in [0.2, 0.25) is 11.8 Å². The molecule has 0 saturated heterocycles. The van der Waals surface area contributed by atoms with Gasteiger partial charge in [0.05, 0.1) is 12.3 Å². The van der Waals surface area contributed by atoms with E-state index in [1.807, 2.05) is 38.1 Å². The number of benzene rings is 1. The number of nitrogens with zero attached hydrogens (tertiary/aromatic N) is 2.